The van der Waals surface area contributed by atoms with Crippen LogP contribution in [0, 0.1) is 0 Å². The van der Waals surface area contributed by atoms with Crippen molar-refractivity contribution in [3.63, 3.8) is 0 Å². The second kappa shape index (κ2) is 3.43. The molecule has 1 aromatic heterocycles. The van der Waals surface area contributed by atoms with E-state index in [4.69, 9.17) is 5.73 Å². The smallest absolute Gasteiger partial charge is 0.176 e. The zero-order valence-electron chi connectivity index (χ0n) is 6.78. The van der Waals surface area contributed by atoms with Crippen LogP contribution < -0.4 is 5.73 Å². The Labute approximate surface area is 65.6 Å². The van der Waals surface area contributed by atoms with Gasteiger partial charge in [-0.2, -0.15) is 4.80 Å². The van der Waals surface area contributed by atoms with E-state index in [2.05, 4.69) is 15.4 Å². The predicted molar refractivity (Wildman–Crippen MR) is 39.9 cm³/mol. The zero-order valence-corrected chi connectivity index (χ0v) is 6.78. The van der Waals surface area contributed by atoms with Gasteiger partial charge in [0.2, 0.25) is 0 Å². The molecule has 0 atom stereocenters. The molecule has 0 saturated heterocycles. The van der Waals surface area contributed by atoms with Gasteiger partial charge in [0.1, 0.15) is 0 Å². The molecule has 0 spiro atoms. The molecule has 5 heteroatoms. The zero-order chi connectivity index (χ0) is 8.27. The van der Waals surface area contributed by atoms with E-state index in [9.17, 15) is 0 Å². The Kier molecular flexibility index (Phi) is 2.53. The molecule has 1 N–H and O–H groups in total. The third-order valence-corrected chi connectivity index (χ3v) is 1.28. The quantitative estimate of drug-likeness (QED) is 0.619. The lowest BCUT2D eigenvalue weighted by molar-refractivity contribution is 0.453. The molecule has 1 radical (unpaired) electrons. The maximum Gasteiger partial charge on any atom is 0.176 e. The minimum Gasteiger partial charge on any atom is -0.257 e. The van der Waals surface area contributed by atoms with Gasteiger partial charge in [-0.15, -0.1) is 10.2 Å². The standard InChI is InChI=1S/C6H12N5/c1-5(2)11-9-6(3-4-7)8-10-11/h5,7H,3-4H2,1-2H3. The summed E-state index contributed by atoms with van der Waals surface area (Å²) in [5, 5.41) is 11.7. The lowest BCUT2D eigenvalue weighted by atomic mass is 10.4. The van der Waals surface area contributed by atoms with E-state index >= 15 is 0 Å². The molecule has 1 aromatic rings. The van der Waals surface area contributed by atoms with Crippen LogP contribution >= 0.6 is 0 Å². The van der Waals surface area contributed by atoms with Gasteiger partial charge in [0.05, 0.1) is 6.04 Å². The summed E-state index contributed by atoms with van der Waals surface area (Å²) in [6, 6.07) is 0.252. The van der Waals surface area contributed by atoms with Crippen LogP contribution in [-0.2, 0) is 6.42 Å². The number of hydrogen-bond acceptors (Lipinski definition) is 3. The first-order valence-electron chi connectivity index (χ1n) is 3.67. The van der Waals surface area contributed by atoms with Gasteiger partial charge >= 0.3 is 0 Å². The summed E-state index contributed by atoms with van der Waals surface area (Å²) in [7, 11) is 0. The Morgan fingerprint density at radius 3 is 2.73 bits per heavy atom. The average molecular weight is 154 g/mol. The molecule has 0 unspecified atom stereocenters. The molecule has 1 heterocycles. The third kappa shape index (κ3) is 1.98. The van der Waals surface area contributed by atoms with Gasteiger partial charge in [0.25, 0.3) is 0 Å². The van der Waals surface area contributed by atoms with E-state index in [0.717, 1.165) is 0 Å². The molecular formula is C6H12N5. The monoisotopic (exact) mass is 154 g/mol. The van der Waals surface area contributed by atoms with Crippen molar-refractivity contribution in [1.29, 1.82) is 0 Å². The van der Waals surface area contributed by atoms with Crippen molar-refractivity contribution in [3.8, 4) is 0 Å². The number of nitrogens with one attached hydrogen (secondary N) is 1. The molecular weight excluding hydrogens is 142 g/mol. The number of nitrogens with zero attached hydrogens (tertiary/aromatic N) is 4. The van der Waals surface area contributed by atoms with Crippen molar-refractivity contribution >= 4 is 0 Å². The first-order valence-corrected chi connectivity index (χ1v) is 3.67. The normalized spacial score (nSPS) is 10.9. The van der Waals surface area contributed by atoms with E-state index in [0.29, 0.717) is 18.8 Å². The Morgan fingerprint density at radius 1 is 1.55 bits per heavy atom. The maximum atomic E-state index is 6.94. The molecule has 61 valence electrons. The average Bonchev–Trinajstić information content (AvgIpc) is 2.37. The first kappa shape index (κ1) is 8.13. The third-order valence-electron chi connectivity index (χ3n) is 1.28. The Hall–Kier alpha value is -0.970. The van der Waals surface area contributed by atoms with Gasteiger partial charge in [-0.25, -0.2) is 0 Å². The Balaban J connectivity index is 2.66. The molecule has 0 aliphatic carbocycles. The molecule has 0 aliphatic rings. The van der Waals surface area contributed by atoms with Crippen molar-refractivity contribution < 1.29 is 0 Å². The fourth-order valence-corrected chi connectivity index (χ4v) is 0.686. The number of tetrazole rings is 1. The van der Waals surface area contributed by atoms with Crippen LogP contribution in [-0.4, -0.2) is 26.8 Å². The molecule has 0 aliphatic heterocycles. The van der Waals surface area contributed by atoms with Gasteiger partial charge < -0.3 is 0 Å². The topological polar surface area (TPSA) is 67.4 Å². The molecule has 1 rings (SSSR count). The van der Waals surface area contributed by atoms with Gasteiger partial charge in [-0.05, 0) is 19.1 Å². The SMILES string of the molecule is CC(C)n1nnc(CC[NH])n1. The van der Waals surface area contributed by atoms with Gasteiger partial charge in [-0.3, -0.25) is 5.73 Å². The van der Waals surface area contributed by atoms with E-state index in [1.807, 2.05) is 13.8 Å². The van der Waals surface area contributed by atoms with Crippen molar-refractivity contribution in [1.82, 2.24) is 25.9 Å². The van der Waals surface area contributed by atoms with Crippen molar-refractivity contribution in [2.45, 2.75) is 26.3 Å². The highest BCUT2D eigenvalue weighted by Crippen LogP contribution is 1.97. The predicted octanol–water partition coefficient (Wildman–Crippen LogP) is 0.0794. The maximum absolute atomic E-state index is 6.94. The van der Waals surface area contributed by atoms with Crippen molar-refractivity contribution in [3.05, 3.63) is 5.82 Å². The summed E-state index contributed by atoms with van der Waals surface area (Å²) < 4.78 is 0. The van der Waals surface area contributed by atoms with Gasteiger partial charge in [0, 0.05) is 13.0 Å². The van der Waals surface area contributed by atoms with Crippen LogP contribution in [0.3, 0.4) is 0 Å². The highest BCUT2D eigenvalue weighted by molar-refractivity contribution is 4.77. The van der Waals surface area contributed by atoms with E-state index in [1.165, 1.54) is 0 Å². The fraction of sp³-hybridized carbons (Fsp3) is 0.833. The minimum atomic E-state index is 0.252. The summed E-state index contributed by atoms with van der Waals surface area (Å²) in [6.45, 7) is 4.31. The Bertz CT molecular complexity index is 217. The molecule has 0 bridgehead atoms. The second-order valence-corrected chi connectivity index (χ2v) is 2.62. The van der Waals surface area contributed by atoms with Crippen LogP contribution in [0.4, 0.5) is 0 Å². The van der Waals surface area contributed by atoms with Crippen molar-refractivity contribution in [2.24, 2.45) is 0 Å². The van der Waals surface area contributed by atoms with Crippen molar-refractivity contribution in [2.75, 3.05) is 6.54 Å². The minimum absolute atomic E-state index is 0.252. The Morgan fingerprint density at radius 2 is 2.27 bits per heavy atom. The summed E-state index contributed by atoms with van der Waals surface area (Å²) in [5.41, 5.74) is 6.94. The molecule has 11 heavy (non-hydrogen) atoms. The highest BCUT2D eigenvalue weighted by atomic mass is 15.6. The van der Waals surface area contributed by atoms with Gasteiger partial charge in [-0.1, -0.05) is 0 Å². The summed E-state index contributed by atoms with van der Waals surface area (Å²) in [4.78, 5) is 1.56. The molecule has 0 amide bonds. The largest absolute Gasteiger partial charge is 0.257 e. The van der Waals surface area contributed by atoms with Crippen LogP contribution in [0.2, 0.25) is 0 Å². The fourth-order valence-electron chi connectivity index (χ4n) is 0.686. The molecule has 0 aromatic carbocycles. The van der Waals surface area contributed by atoms with E-state index in [-0.39, 0.29) is 6.04 Å². The number of rotatable bonds is 3. The van der Waals surface area contributed by atoms with E-state index < -0.39 is 0 Å². The molecule has 0 saturated carbocycles. The lowest BCUT2D eigenvalue weighted by Crippen LogP contribution is -2.05. The van der Waals surface area contributed by atoms with Crippen LogP contribution in [0.25, 0.3) is 0 Å². The first-order chi connectivity index (χ1) is 5.24. The number of hydrogen-bond donors (Lipinski definition) is 0. The lowest BCUT2D eigenvalue weighted by Gasteiger charge is -1.98. The van der Waals surface area contributed by atoms with Crippen LogP contribution in [0.15, 0.2) is 0 Å². The van der Waals surface area contributed by atoms with Gasteiger partial charge in [0.15, 0.2) is 5.82 Å². The summed E-state index contributed by atoms with van der Waals surface area (Å²) >= 11 is 0. The summed E-state index contributed by atoms with van der Waals surface area (Å²) in [5.74, 6) is 0.661. The number of aromatic nitrogens is 4. The van der Waals surface area contributed by atoms with Crippen LogP contribution in [0.5, 0.6) is 0 Å². The van der Waals surface area contributed by atoms with E-state index in [1.54, 1.807) is 4.80 Å². The molecule has 0 fully saturated rings. The highest BCUT2D eigenvalue weighted by Gasteiger charge is 2.03. The van der Waals surface area contributed by atoms with Crippen LogP contribution in [0.1, 0.15) is 25.7 Å². The summed E-state index contributed by atoms with van der Waals surface area (Å²) in [6.07, 6.45) is 0.590. The molecule has 5 nitrogen and oxygen atoms in total. The second-order valence-electron chi connectivity index (χ2n) is 2.62.